The number of aryl methyl sites for hydroxylation is 1. The number of carbonyl (C=O) groups is 1. The highest BCUT2D eigenvalue weighted by Gasteiger charge is 2.76. The molecule has 1 unspecified atom stereocenters. The average Bonchev–Trinajstić information content (AvgIpc) is 2.53. The van der Waals surface area contributed by atoms with Gasteiger partial charge in [-0.15, -0.1) is 0 Å². The van der Waals surface area contributed by atoms with Crippen LogP contribution in [0.3, 0.4) is 0 Å². The first-order valence-corrected chi connectivity index (χ1v) is 7.40. The van der Waals surface area contributed by atoms with Crippen molar-refractivity contribution in [3.63, 3.8) is 0 Å². The lowest BCUT2D eigenvalue weighted by molar-refractivity contribution is -0.346. The summed E-state index contributed by atoms with van der Waals surface area (Å²) in [5.41, 5.74) is 1.31. The maximum atomic E-state index is 13.5. The Labute approximate surface area is 145 Å². The molecule has 10 heteroatoms. The van der Waals surface area contributed by atoms with Crippen molar-refractivity contribution in [3.8, 4) is 5.75 Å². The van der Waals surface area contributed by atoms with E-state index in [2.05, 4.69) is 0 Å². The molecule has 0 saturated carbocycles. The molecular formula is C16H18F7NO2. The number of rotatable bonds is 6. The summed E-state index contributed by atoms with van der Waals surface area (Å²) in [7, 11) is 2.16. The highest BCUT2D eigenvalue weighted by atomic mass is 19.4. The molecule has 0 aliphatic heterocycles. The first-order valence-electron chi connectivity index (χ1n) is 7.40. The van der Waals surface area contributed by atoms with Gasteiger partial charge in [-0.05, 0) is 37.5 Å². The number of likely N-dealkylation sites (N-methyl/N-ethyl adjacent to an activating group) is 1. The summed E-state index contributed by atoms with van der Waals surface area (Å²) in [5, 5.41) is 0. The Balaban J connectivity index is 3.00. The van der Waals surface area contributed by atoms with Gasteiger partial charge in [-0.3, -0.25) is 4.79 Å². The Morgan fingerprint density at radius 1 is 1.15 bits per heavy atom. The summed E-state index contributed by atoms with van der Waals surface area (Å²) in [6.45, 7) is 3.01. The number of nitrogens with zero attached hydrogens (tertiary/aromatic N) is 1. The van der Waals surface area contributed by atoms with Crippen LogP contribution in [0.1, 0.15) is 18.1 Å². The predicted octanol–water partition coefficient (Wildman–Crippen LogP) is 4.23. The molecule has 0 radical (unpaired) electrons. The molecule has 1 atom stereocenters. The Bertz CT molecular complexity index is 658. The third-order valence-electron chi connectivity index (χ3n) is 4.00. The molecular weight excluding hydrogens is 371 g/mol. The molecule has 0 N–H and O–H groups in total. The molecule has 0 aliphatic rings. The van der Waals surface area contributed by atoms with Gasteiger partial charge in [-0.2, -0.15) is 30.7 Å². The summed E-state index contributed by atoms with van der Waals surface area (Å²) >= 11 is 0. The zero-order valence-electron chi connectivity index (χ0n) is 14.4. The van der Waals surface area contributed by atoms with Crippen LogP contribution in [-0.4, -0.2) is 49.0 Å². The van der Waals surface area contributed by atoms with E-state index >= 15 is 0 Å². The van der Waals surface area contributed by atoms with Gasteiger partial charge in [-0.25, -0.2) is 0 Å². The Morgan fingerprint density at radius 3 is 2.15 bits per heavy atom. The summed E-state index contributed by atoms with van der Waals surface area (Å²) in [6, 6.07) is 3.77. The van der Waals surface area contributed by atoms with Crippen molar-refractivity contribution in [1.82, 2.24) is 4.90 Å². The van der Waals surface area contributed by atoms with Crippen LogP contribution in [0.15, 0.2) is 18.2 Å². The second-order valence-electron chi connectivity index (χ2n) is 5.92. The maximum absolute atomic E-state index is 13.5. The number of benzene rings is 1. The minimum absolute atomic E-state index is 0.0491. The molecule has 148 valence electrons. The van der Waals surface area contributed by atoms with E-state index in [-0.39, 0.29) is 11.3 Å². The van der Waals surface area contributed by atoms with Crippen LogP contribution in [0.4, 0.5) is 30.7 Å². The van der Waals surface area contributed by atoms with Crippen molar-refractivity contribution in [1.29, 1.82) is 0 Å². The molecule has 0 spiro atoms. The number of carbonyl (C=O) groups excluding carboxylic acids is 1. The molecule has 0 bridgehead atoms. The highest BCUT2D eigenvalue weighted by Crippen LogP contribution is 2.47. The van der Waals surface area contributed by atoms with E-state index in [1.165, 1.54) is 14.0 Å². The summed E-state index contributed by atoms with van der Waals surface area (Å²) in [4.78, 5) is 11.8. The van der Waals surface area contributed by atoms with Crippen molar-refractivity contribution in [2.24, 2.45) is 0 Å². The molecule has 3 nitrogen and oxygen atoms in total. The molecule has 0 fully saturated rings. The third kappa shape index (κ3) is 4.04. The number of hydrogen-bond acceptors (Lipinski definition) is 2. The summed E-state index contributed by atoms with van der Waals surface area (Å²) < 4.78 is 94.8. The lowest BCUT2D eigenvalue weighted by atomic mass is 10.0. The first kappa shape index (κ1) is 22.0. The van der Waals surface area contributed by atoms with E-state index in [4.69, 9.17) is 4.74 Å². The van der Waals surface area contributed by atoms with Crippen molar-refractivity contribution in [2.75, 3.05) is 14.2 Å². The monoisotopic (exact) mass is 389 g/mol. The first-order chi connectivity index (χ1) is 11.7. The number of ether oxygens (including phenoxy) is 1. The third-order valence-corrected chi connectivity index (χ3v) is 4.00. The average molecular weight is 389 g/mol. The van der Waals surface area contributed by atoms with Gasteiger partial charge < -0.3 is 9.64 Å². The molecule has 0 saturated heterocycles. The van der Waals surface area contributed by atoms with Gasteiger partial charge >= 0.3 is 18.0 Å². The van der Waals surface area contributed by atoms with Crippen LogP contribution >= 0.6 is 0 Å². The topological polar surface area (TPSA) is 29.5 Å². The minimum atomic E-state index is -6.55. The van der Waals surface area contributed by atoms with Crippen LogP contribution in [0.5, 0.6) is 5.75 Å². The summed E-state index contributed by atoms with van der Waals surface area (Å²) in [6.07, 6.45) is -6.60. The second kappa shape index (κ2) is 7.32. The zero-order chi connectivity index (χ0) is 20.5. The van der Waals surface area contributed by atoms with Crippen LogP contribution < -0.4 is 4.74 Å². The lowest BCUT2D eigenvalue weighted by Crippen LogP contribution is -2.60. The largest absolute Gasteiger partial charge is 0.496 e. The van der Waals surface area contributed by atoms with E-state index < -0.39 is 30.0 Å². The molecule has 0 aliphatic carbocycles. The Morgan fingerprint density at radius 2 is 1.69 bits per heavy atom. The Kier molecular flexibility index (Phi) is 6.20. The van der Waals surface area contributed by atoms with Crippen molar-refractivity contribution >= 4 is 5.91 Å². The molecule has 26 heavy (non-hydrogen) atoms. The quantitative estimate of drug-likeness (QED) is 0.682. The lowest BCUT2D eigenvalue weighted by Gasteiger charge is -2.33. The highest BCUT2D eigenvalue weighted by molar-refractivity contribution is 5.85. The zero-order valence-corrected chi connectivity index (χ0v) is 14.4. The van der Waals surface area contributed by atoms with Crippen LogP contribution in [0.2, 0.25) is 0 Å². The van der Waals surface area contributed by atoms with Gasteiger partial charge in [0.1, 0.15) is 5.75 Å². The molecule has 0 aromatic heterocycles. The second-order valence-corrected chi connectivity index (χ2v) is 5.92. The fourth-order valence-corrected chi connectivity index (χ4v) is 2.20. The molecule has 1 amide bonds. The van der Waals surface area contributed by atoms with Crippen molar-refractivity contribution in [2.45, 2.75) is 44.3 Å². The van der Waals surface area contributed by atoms with Gasteiger partial charge in [0.25, 0.3) is 5.91 Å². The van der Waals surface area contributed by atoms with Gasteiger partial charge in [-0.1, -0.05) is 12.1 Å². The Hall–Kier alpha value is -2.00. The van der Waals surface area contributed by atoms with E-state index in [1.54, 1.807) is 25.1 Å². The number of methoxy groups -OCH3 is 1. The normalized spacial score (nSPS) is 14.1. The smallest absolute Gasteiger partial charge is 0.460 e. The number of hydrogen-bond donors (Lipinski definition) is 0. The van der Waals surface area contributed by atoms with Gasteiger partial charge in [0, 0.05) is 13.1 Å². The standard InChI is InChI=1S/C16H18F7NO2/c1-9-5-6-11(8-12(9)26-4)7-10(2)24(3)13(25)14(17,18)15(19,20)16(21,22)23/h5-6,8,10H,7H2,1-4H3. The van der Waals surface area contributed by atoms with Crippen LogP contribution in [0.25, 0.3) is 0 Å². The maximum Gasteiger partial charge on any atom is 0.460 e. The fourth-order valence-electron chi connectivity index (χ4n) is 2.20. The van der Waals surface area contributed by atoms with E-state index in [1.807, 2.05) is 0 Å². The molecule has 1 aromatic rings. The minimum Gasteiger partial charge on any atom is -0.496 e. The van der Waals surface area contributed by atoms with Gasteiger partial charge in [0.05, 0.1) is 7.11 Å². The molecule has 1 aromatic carbocycles. The number of alkyl halides is 7. The van der Waals surface area contributed by atoms with Crippen LogP contribution in [-0.2, 0) is 11.2 Å². The summed E-state index contributed by atoms with van der Waals surface area (Å²) in [5.74, 6) is -14.5. The van der Waals surface area contributed by atoms with Gasteiger partial charge in [0.15, 0.2) is 0 Å². The fraction of sp³-hybridized carbons (Fsp3) is 0.562. The molecule has 1 rings (SSSR count). The SMILES string of the molecule is COc1cc(CC(C)N(C)C(=O)C(F)(F)C(F)(F)C(F)(F)F)ccc1C. The van der Waals surface area contributed by atoms with E-state index in [0.717, 1.165) is 12.6 Å². The van der Waals surface area contributed by atoms with Gasteiger partial charge in [0.2, 0.25) is 0 Å². The number of amides is 1. The van der Waals surface area contributed by atoms with Crippen LogP contribution in [0, 0.1) is 6.92 Å². The molecule has 0 heterocycles. The number of halogens is 7. The van der Waals surface area contributed by atoms with Crippen molar-refractivity contribution < 1.29 is 40.3 Å². The van der Waals surface area contributed by atoms with E-state index in [0.29, 0.717) is 11.3 Å². The van der Waals surface area contributed by atoms with Crippen molar-refractivity contribution in [3.05, 3.63) is 29.3 Å². The van der Waals surface area contributed by atoms with E-state index in [9.17, 15) is 35.5 Å². The predicted molar refractivity (Wildman–Crippen MR) is 79.6 cm³/mol.